The third kappa shape index (κ3) is 4.27. The highest BCUT2D eigenvalue weighted by Crippen LogP contribution is 2.39. The van der Waals surface area contributed by atoms with Crippen molar-refractivity contribution in [3.05, 3.63) is 107 Å². The van der Waals surface area contributed by atoms with Crippen LogP contribution < -0.4 is 10.1 Å². The lowest BCUT2D eigenvalue weighted by molar-refractivity contribution is 0.408. The highest BCUT2D eigenvalue weighted by atomic mass is 16.5. The summed E-state index contributed by atoms with van der Waals surface area (Å²) >= 11 is 0. The van der Waals surface area contributed by atoms with E-state index in [2.05, 4.69) is 59.5 Å². The summed E-state index contributed by atoms with van der Waals surface area (Å²) in [6.07, 6.45) is 8.95. The Morgan fingerprint density at radius 1 is 1.03 bits per heavy atom. The summed E-state index contributed by atoms with van der Waals surface area (Å²) in [6.45, 7) is 4.21. The van der Waals surface area contributed by atoms with Crippen molar-refractivity contribution in [2.45, 2.75) is 26.2 Å². The van der Waals surface area contributed by atoms with Gasteiger partial charge in [-0.15, -0.1) is 0 Å². The summed E-state index contributed by atoms with van der Waals surface area (Å²) in [7, 11) is 1.96. The number of nitrogens with one attached hydrogen (secondary N) is 1. The molecule has 1 aliphatic rings. The number of pyridine rings is 1. The molecular formula is C31H26N6O. The molecule has 7 heteroatoms. The SMILES string of the molecule is CC1=CC(c2cncc3ccccc23)CC(C)=C1Oc1nc(Nc2ccc(C#N)cc2)nc2ccn(C)c12. The van der Waals surface area contributed by atoms with E-state index in [9.17, 15) is 0 Å². The van der Waals surface area contributed by atoms with Gasteiger partial charge in [0.1, 0.15) is 11.3 Å². The lowest BCUT2D eigenvalue weighted by atomic mass is 9.84. The number of hydrogen-bond donors (Lipinski definition) is 1. The Kier molecular flexibility index (Phi) is 5.85. The molecule has 1 unspecified atom stereocenters. The van der Waals surface area contributed by atoms with Gasteiger partial charge in [-0.1, -0.05) is 30.3 Å². The predicted molar refractivity (Wildman–Crippen MR) is 149 cm³/mol. The van der Waals surface area contributed by atoms with E-state index in [1.807, 2.05) is 54.5 Å². The molecule has 0 saturated heterocycles. The maximum atomic E-state index is 9.08. The number of ether oxygens (including phenoxy) is 1. The molecule has 0 amide bonds. The number of benzene rings is 2. The van der Waals surface area contributed by atoms with Gasteiger partial charge in [0.2, 0.25) is 11.8 Å². The number of rotatable bonds is 5. The molecule has 1 N–H and O–H groups in total. The standard InChI is InChI=1S/C31H26N6O/c1-19-14-23(26-18-33-17-22-6-4-5-7-25(22)26)15-20(2)29(19)38-30-28-27(12-13-37(28)3)35-31(36-30)34-24-10-8-21(16-32)9-11-24/h4-14,17-18,23H,15H2,1-3H3,(H,34,35,36). The molecule has 3 heterocycles. The minimum atomic E-state index is 0.218. The Balaban J connectivity index is 1.33. The molecule has 2 aromatic carbocycles. The second-order valence-corrected chi connectivity index (χ2v) is 9.65. The zero-order chi connectivity index (χ0) is 26.2. The maximum absolute atomic E-state index is 9.08. The Labute approximate surface area is 220 Å². The molecular weight excluding hydrogens is 472 g/mol. The van der Waals surface area contributed by atoms with Crippen molar-refractivity contribution in [2.24, 2.45) is 7.05 Å². The van der Waals surface area contributed by atoms with E-state index in [4.69, 9.17) is 15.0 Å². The predicted octanol–water partition coefficient (Wildman–Crippen LogP) is 6.92. The molecule has 1 aliphatic carbocycles. The number of anilines is 2. The van der Waals surface area contributed by atoms with Gasteiger partial charge in [0.15, 0.2) is 0 Å². The van der Waals surface area contributed by atoms with E-state index in [0.717, 1.165) is 45.4 Å². The van der Waals surface area contributed by atoms with Crippen molar-refractivity contribution in [3.8, 4) is 11.9 Å². The molecule has 3 aromatic heterocycles. The second kappa shape index (κ2) is 9.49. The van der Waals surface area contributed by atoms with Crippen LogP contribution in [0.1, 0.15) is 37.3 Å². The molecule has 186 valence electrons. The van der Waals surface area contributed by atoms with E-state index >= 15 is 0 Å². The van der Waals surface area contributed by atoms with Crippen molar-refractivity contribution in [1.82, 2.24) is 19.5 Å². The Morgan fingerprint density at radius 2 is 1.84 bits per heavy atom. The summed E-state index contributed by atoms with van der Waals surface area (Å²) < 4.78 is 8.53. The fourth-order valence-corrected chi connectivity index (χ4v) is 5.13. The first kappa shape index (κ1) is 23.4. The van der Waals surface area contributed by atoms with E-state index in [-0.39, 0.29) is 5.92 Å². The number of aromatic nitrogens is 4. The van der Waals surface area contributed by atoms with Crippen LogP contribution in [0.25, 0.3) is 21.8 Å². The fourth-order valence-electron chi connectivity index (χ4n) is 5.13. The smallest absolute Gasteiger partial charge is 0.249 e. The van der Waals surface area contributed by atoms with Gasteiger partial charge in [0.05, 0.1) is 17.1 Å². The Hall–Kier alpha value is -4.96. The van der Waals surface area contributed by atoms with Crippen LogP contribution in [0.3, 0.4) is 0 Å². The third-order valence-electron chi connectivity index (χ3n) is 6.98. The summed E-state index contributed by atoms with van der Waals surface area (Å²) in [5.41, 5.74) is 6.44. The quantitative estimate of drug-likeness (QED) is 0.283. The third-order valence-corrected chi connectivity index (χ3v) is 6.98. The van der Waals surface area contributed by atoms with Crippen LogP contribution in [-0.4, -0.2) is 19.5 Å². The van der Waals surface area contributed by atoms with Gasteiger partial charge >= 0.3 is 0 Å². The molecule has 0 aliphatic heterocycles. The molecule has 6 rings (SSSR count). The topological polar surface area (TPSA) is 88.7 Å². The van der Waals surface area contributed by atoms with Crippen LogP contribution in [0, 0.1) is 11.3 Å². The Morgan fingerprint density at radius 3 is 2.63 bits per heavy atom. The van der Waals surface area contributed by atoms with Crippen LogP contribution in [0.15, 0.2) is 96.2 Å². The van der Waals surface area contributed by atoms with Crippen LogP contribution >= 0.6 is 0 Å². The van der Waals surface area contributed by atoms with Gasteiger partial charge in [-0.25, -0.2) is 4.98 Å². The van der Waals surface area contributed by atoms with Gasteiger partial charge < -0.3 is 14.6 Å². The number of hydrogen-bond acceptors (Lipinski definition) is 6. The summed E-state index contributed by atoms with van der Waals surface area (Å²) in [4.78, 5) is 13.9. The van der Waals surface area contributed by atoms with E-state index < -0.39 is 0 Å². The van der Waals surface area contributed by atoms with Crippen molar-refractivity contribution in [2.75, 3.05) is 5.32 Å². The molecule has 0 bridgehead atoms. The molecule has 7 nitrogen and oxygen atoms in total. The number of fused-ring (bicyclic) bond motifs is 2. The first-order valence-corrected chi connectivity index (χ1v) is 12.5. The number of nitrogens with zero attached hydrogens (tertiary/aromatic N) is 5. The average molecular weight is 499 g/mol. The van der Waals surface area contributed by atoms with Gasteiger partial charge in [-0.3, -0.25) is 4.98 Å². The minimum absolute atomic E-state index is 0.218. The summed E-state index contributed by atoms with van der Waals surface area (Å²) in [5, 5.41) is 14.7. The van der Waals surface area contributed by atoms with Crippen LogP contribution in [0.4, 0.5) is 11.6 Å². The molecule has 1 atom stereocenters. The van der Waals surface area contributed by atoms with Crippen LogP contribution in [0.2, 0.25) is 0 Å². The fraction of sp³-hybridized carbons (Fsp3) is 0.161. The van der Waals surface area contributed by atoms with Crippen LogP contribution in [0.5, 0.6) is 5.88 Å². The normalized spacial score (nSPS) is 15.4. The van der Waals surface area contributed by atoms with Crippen molar-refractivity contribution in [3.63, 3.8) is 0 Å². The highest BCUT2D eigenvalue weighted by molar-refractivity contribution is 5.85. The van der Waals surface area contributed by atoms with Crippen molar-refractivity contribution in [1.29, 1.82) is 5.26 Å². The number of aryl methyl sites for hydroxylation is 1. The van der Waals surface area contributed by atoms with E-state index in [0.29, 0.717) is 17.4 Å². The number of allylic oxidation sites excluding steroid dienone is 3. The maximum Gasteiger partial charge on any atom is 0.249 e. The molecule has 5 aromatic rings. The first-order valence-electron chi connectivity index (χ1n) is 12.5. The molecule has 0 radical (unpaired) electrons. The van der Waals surface area contributed by atoms with Gasteiger partial charge in [-0.05, 0) is 72.7 Å². The van der Waals surface area contributed by atoms with Crippen molar-refractivity contribution < 1.29 is 4.74 Å². The monoisotopic (exact) mass is 498 g/mol. The zero-order valence-electron chi connectivity index (χ0n) is 21.4. The highest BCUT2D eigenvalue weighted by Gasteiger charge is 2.24. The molecule has 0 spiro atoms. The zero-order valence-corrected chi connectivity index (χ0v) is 21.4. The van der Waals surface area contributed by atoms with Crippen LogP contribution in [-0.2, 0) is 7.05 Å². The number of nitriles is 1. The largest absolute Gasteiger partial charge is 0.437 e. The van der Waals surface area contributed by atoms with E-state index in [1.54, 1.807) is 12.1 Å². The second-order valence-electron chi connectivity index (χ2n) is 9.65. The van der Waals surface area contributed by atoms with Gasteiger partial charge in [0.25, 0.3) is 0 Å². The first-order chi connectivity index (χ1) is 18.5. The Bertz CT molecular complexity index is 1780. The van der Waals surface area contributed by atoms with Gasteiger partial charge in [0, 0.05) is 42.6 Å². The summed E-state index contributed by atoms with van der Waals surface area (Å²) in [5.74, 6) is 1.97. The minimum Gasteiger partial charge on any atom is -0.437 e. The summed E-state index contributed by atoms with van der Waals surface area (Å²) in [6, 6.07) is 19.6. The van der Waals surface area contributed by atoms with E-state index in [1.165, 1.54) is 10.9 Å². The van der Waals surface area contributed by atoms with Gasteiger partial charge in [-0.2, -0.15) is 10.2 Å². The molecule has 0 saturated carbocycles. The molecule has 0 fully saturated rings. The van der Waals surface area contributed by atoms with Crippen molar-refractivity contribution >= 4 is 33.4 Å². The average Bonchev–Trinajstić information content (AvgIpc) is 3.31. The molecule has 38 heavy (non-hydrogen) atoms. The lowest BCUT2D eigenvalue weighted by Gasteiger charge is -2.25. The lowest BCUT2D eigenvalue weighted by Crippen LogP contribution is -2.12.